The molecule has 1 amide bonds. The third-order valence-electron chi connectivity index (χ3n) is 2.96. The Morgan fingerprint density at radius 1 is 1.38 bits per heavy atom. The molecule has 16 heavy (non-hydrogen) atoms. The second-order valence-corrected chi connectivity index (χ2v) is 4.18. The van der Waals surface area contributed by atoms with Crippen LogP contribution in [0.2, 0.25) is 0 Å². The molecule has 1 aliphatic rings. The smallest absolute Gasteiger partial charge is 0.328 e. The molecule has 1 atom stereocenters. The molecule has 92 valence electrons. The molecule has 1 saturated heterocycles. The lowest BCUT2D eigenvalue weighted by atomic mass is 10.1. The van der Waals surface area contributed by atoms with Crippen LogP contribution in [0.15, 0.2) is 0 Å². The Hall–Kier alpha value is -1.06. The van der Waals surface area contributed by atoms with E-state index in [4.69, 9.17) is 4.74 Å². The van der Waals surface area contributed by atoms with E-state index < -0.39 is 6.04 Å². The van der Waals surface area contributed by atoms with Crippen LogP contribution in [0.1, 0.15) is 46.0 Å². The first-order valence-corrected chi connectivity index (χ1v) is 6.13. The van der Waals surface area contributed by atoms with Gasteiger partial charge in [0, 0.05) is 13.0 Å². The van der Waals surface area contributed by atoms with Crippen molar-refractivity contribution in [1.29, 1.82) is 0 Å². The molecule has 0 radical (unpaired) electrons. The van der Waals surface area contributed by atoms with Gasteiger partial charge in [0.2, 0.25) is 5.91 Å². The van der Waals surface area contributed by atoms with Crippen LogP contribution < -0.4 is 0 Å². The van der Waals surface area contributed by atoms with Crippen LogP contribution >= 0.6 is 0 Å². The lowest BCUT2D eigenvalue weighted by Crippen LogP contribution is -2.45. The van der Waals surface area contributed by atoms with E-state index in [2.05, 4.69) is 0 Å². The van der Waals surface area contributed by atoms with E-state index in [0.29, 0.717) is 19.6 Å². The molecule has 1 unspecified atom stereocenters. The monoisotopic (exact) mass is 227 g/mol. The molecular weight excluding hydrogens is 206 g/mol. The number of nitrogens with zero attached hydrogens (tertiary/aromatic N) is 1. The molecule has 0 aromatic rings. The van der Waals surface area contributed by atoms with Gasteiger partial charge in [-0.15, -0.1) is 0 Å². The standard InChI is InChI=1S/C12H21NO3/c1-3-16-12(15)10(2)13-9-7-5-4-6-8-11(13)14/h10H,3-9H2,1-2H3. The van der Waals surface area contributed by atoms with E-state index in [9.17, 15) is 9.59 Å². The molecule has 1 fully saturated rings. The lowest BCUT2D eigenvalue weighted by molar-refractivity contribution is -0.154. The normalized spacial score (nSPS) is 19.9. The SMILES string of the molecule is CCOC(=O)C(C)N1CCCCCCC1=O. The molecule has 0 aromatic heterocycles. The van der Waals surface area contributed by atoms with Crippen molar-refractivity contribution in [3.63, 3.8) is 0 Å². The maximum Gasteiger partial charge on any atom is 0.328 e. The Morgan fingerprint density at radius 2 is 2.06 bits per heavy atom. The number of rotatable bonds is 3. The van der Waals surface area contributed by atoms with Crippen LogP contribution in [0.4, 0.5) is 0 Å². The summed E-state index contributed by atoms with van der Waals surface area (Å²) < 4.78 is 4.94. The number of hydrogen-bond acceptors (Lipinski definition) is 3. The van der Waals surface area contributed by atoms with Gasteiger partial charge in [0.15, 0.2) is 0 Å². The highest BCUT2D eigenvalue weighted by Gasteiger charge is 2.26. The fourth-order valence-corrected chi connectivity index (χ4v) is 1.98. The Labute approximate surface area is 96.9 Å². The number of carbonyl (C=O) groups excluding carboxylic acids is 2. The first-order valence-electron chi connectivity index (χ1n) is 6.13. The molecule has 0 aliphatic carbocycles. The molecule has 4 heteroatoms. The Morgan fingerprint density at radius 3 is 2.75 bits per heavy atom. The van der Waals surface area contributed by atoms with Gasteiger partial charge in [-0.1, -0.05) is 12.8 Å². The van der Waals surface area contributed by atoms with Gasteiger partial charge in [0.05, 0.1) is 6.61 Å². The van der Waals surface area contributed by atoms with Gasteiger partial charge in [-0.05, 0) is 26.7 Å². The molecule has 0 bridgehead atoms. The van der Waals surface area contributed by atoms with Gasteiger partial charge >= 0.3 is 5.97 Å². The second-order valence-electron chi connectivity index (χ2n) is 4.18. The van der Waals surface area contributed by atoms with E-state index in [0.717, 1.165) is 25.7 Å². The van der Waals surface area contributed by atoms with Crippen molar-refractivity contribution in [2.45, 2.75) is 52.0 Å². The molecule has 0 saturated carbocycles. The third-order valence-corrected chi connectivity index (χ3v) is 2.96. The van der Waals surface area contributed by atoms with Crippen LogP contribution in [-0.2, 0) is 14.3 Å². The Balaban J connectivity index is 2.59. The van der Waals surface area contributed by atoms with Crippen molar-refractivity contribution in [3.8, 4) is 0 Å². The predicted molar refractivity (Wildman–Crippen MR) is 60.9 cm³/mol. The summed E-state index contributed by atoms with van der Waals surface area (Å²) in [5.74, 6) is -0.211. The van der Waals surface area contributed by atoms with Crippen molar-refractivity contribution in [2.24, 2.45) is 0 Å². The number of hydrogen-bond donors (Lipinski definition) is 0. The number of ether oxygens (including phenoxy) is 1. The highest BCUT2D eigenvalue weighted by molar-refractivity contribution is 5.84. The quantitative estimate of drug-likeness (QED) is 0.690. The molecule has 1 rings (SSSR count). The topological polar surface area (TPSA) is 46.6 Å². The fourth-order valence-electron chi connectivity index (χ4n) is 1.98. The first kappa shape index (κ1) is 13.0. The number of amides is 1. The van der Waals surface area contributed by atoms with Gasteiger partial charge in [0.1, 0.15) is 6.04 Å². The fraction of sp³-hybridized carbons (Fsp3) is 0.833. The van der Waals surface area contributed by atoms with Gasteiger partial charge < -0.3 is 9.64 Å². The molecule has 0 aromatic carbocycles. The van der Waals surface area contributed by atoms with Crippen LogP contribution in [0, 0.1) is 0 Å². The molecule has 1 heterocycles. The maximum atomic E-state index is 11.8. The van der Waals surface area contributed by atoms with Crippen molar-refractivity contribution < 1.29 is 14.3 Å². The molecule has 4 nitrogen and oxygen atoms in total. The Bertz CT molecular complexity index is 253. The summed E-state index contributed by atoms with van der Waals surface area (Å²) in [7, 11) is 0. The minimum absolute atomic E-state index is 0.0836. The lowest BCUT2D eigenvalue weighted by Gasteiger charge is -2.29. The summed E-state index contributed by atoms with van der Waals surface area (Å²) in [6.45, 7) is 4.57. The summed E-state index contributed by atoms with van der Waals surface area (Å²) in [5.41, 5.74) is 0. The minimum atomic E-state index is -0.439. The number of likely N-dealkylation sites (tertiary alicyclic amines) is 1. The van der Waals surface area contributed by atoms with E-state index in [1.165, 1.54) is 0 Å². The van der Waals surface area contributed by atoms with Crippen LogP contribution in [0.25, 0.3) is 0 Å². The van der Waals surface area contributed by atoms with Crippen LogP contribution in [0.5, 0.6) is 0 Å². The highest BCUT2D eigenvalue weighted by Crippen LogP contribution is 2.14. The van der Waals surface area contributed by atoms with Crippen LogP contribution in [-0.4, -0.2) is 36.0 Å². The highest BCUT2D eigenvalue weighted by atomic mass is 16.5. The van der Waals surface area contributed by atoms with Crippen molar-refractivity contribution >= 4 is 11.9 Å². The Kier molecular flexibility index (Phi) is 5.29. The van der Waals surface area contributed by atoms with Crippen molar-refractivity contribution in [3.05, 3.63) is 0 Å². The van der Waals surface area contributed by atoms with E-state index in [1.54, 1.807) is 18.7 Å². The van der Waals surface area contributed by atoms with Gasteiger partial charge in [-0.2, -0.15) is 0 Å². The van der Waals surface area contributed by atoms with Crippen molar-refractivity contribution in [2.75, 3.05) is 13.2 Å². The summed E-state index contributed by atoms with van der Waals surface area (Å²) in [6.07, 6.45) is 4.73. The van der Waals surface area contributed by atoms with E-state index >= 15 is 0 Å². The van der Waals surface area contributed by atoms with Gasteiger partial charge in [-0.25, -0.2) is 4.79 Å². The molecule has 1 aliphatic heterocycles. The zero-order valence-corrected chi connectivity index (χ0v) is 10.2. The van der Waals surface area contributed by atoms with E-state index in [-0.39, 0.29) is 11.9 Å². The second kappa shape index (κ2) is 6.51. The average Bonchev–Trinajstić information content (AvgIpc) is 2.24. The summed E-state index contributed by atoms with van der Waals surface area (Å²) >= 11 is 0. The summed E-state index contributed by atoms with van der Waals surface area (Å²) in [6, 6.07) is -0.439. The predicted octanol–water partition coefficient (Wildman–Crippen LogP) is 1.73. The van der Waals surface area contributed by atoms with Crippen LogP contribution in [0.3, 0.4) is 0 Å². The van der Waals surface area contributed by atoms with Gasteiger partial charge in [0.25, 0.3) is 0 Å². The molecular formula is C12H21NO3. The molecule has 0 N–H and O–H groups in total. The zero-order valence-electron chi connectivity index (χ0n) is 10.2. The summed E-state index contributed by atoms with van der Waals surface area (Å²) in [5, 5.41) is 0. The average molecular weight is 227 g/mol. The number of esters is 1. The maximum absolute atomic E-state index is 11.8. The molecule has 0 spiro atoms. The summed E-state index contributed by atoms with van der Waals surface area (Å²) in [4.78, 5) is 25.1. The largest absolute Gasteiger partial charge is 0.464 e. The van der Waals surface area contributed by atoms with E-state index in [1.807, 2.05) is 0 Å². The van der Waals surface area contributed by atoms with Gasteiger partial charge in [-0.3, -0.25) is 4.79 Å². The number of carbonyl (C=O) groups is 2. The zero-order chi connectivity index (χ0) is 12.0. The first-order chi connectivity index (χ1) is 7.66. The third kappa shape index (κ3) is 3.51. The minimum Gasteiger partial charge on any atom is -0.464 e. The van der Waals surface area contributed by atoms with Crippen molar-refractivity contribution in [1.82, 2.24) is 4.90 Å².